The molecule has 1 aliphatic heterocycles. The topological polar surface area (TPSA) is 27.7 Å². The van der Waals surface area contributed by atoms with Crippen LogP contribution in [0, 0.1) is 0 Å². The maximum atomic E-state index is 5.04. The van der Waals surface area contributed by atoms with Crippen LogP contribution in [0.5, 0.6) is 0 Å². The van der Waals surface area contributed by atoms with Gasteiger partial charge in [0.05, 0.1) is 6.61 Å². The van der Waals surface area contributed by atoms with Crippen molar-refractivity contribution in [3.05, 3.63) is 0 Å². The third-order valence-electron chi connectivity index (χ3n) is 4.20. The second kappa shape index (κ2) is 8.86. The monoisotopic (exact) mass is 257 g/mol. The Hall–Kier alpha value is -0.160. The first-order valence-corrected chi connectivity index (χ1v) is 7.33. The first kappa shape index (κ1) is 15.9. The van der Waals surface area contributed by atoms with E-state index in [0.29, 0.717) is 6.04 Å². The lowest BCUT2D eigenvalue weighted by Crippen LogP contribution is -2.49. The summed E-state index contributed by atoms with van der Waals surface area (Å²) in [5.74, 6) is 0. The van der Waals surface area contributed by atoms with E-state index in [0.717, 1.165) is 25.7 Å². The summed E-state index contributed by atoms with van der Waals surface area (Å²) >= 11 is 0. The molecule has 4 heteroatoms. The summed E-state index contributed by atoms with van der Waals surface area (Å²) in [6.45, 7) is 11.1. The summed E-state index contributed by atoms with van der Waals surface area (Å²) in [5, 5.41) is 3.45. The molecule has 0 aliphatic carbocycles. The van der Waals surface area contributed by atoms with E-state index in [9.17, 15) is 0 Å². The van der Waals surface area contributed by atoms with Gasteiger partial charge in [0.15, 0.2) is 0 Å². The predicted molar refractivity (Wildman–Crippen MR) is 77.1 cm³/mol. The van der Waals surface area contributed by atoms with Crippen LogP contribution in [0.1, 0.15) is 26.7 Å². The van der Waals surface area contributed by atoms with E-state index < -0.39 is 0 Å². The molecular formula is C14H31N3O. The molecule has 1 heterocycles. The van der Waals surface area contributed by atoms with Crippen LogP contribution in [0.25, 0.3) is 0 Å². The molecule has 0 amide bonds. The van der Waals surface area contributed by atoms with Crippen LogP contribution in [0.2, 0.25) is 0 Å². The van der Waals surface area contributed by atoms with Crippen molar-refractivity contribution < 1.29 is 4.74 Å². The molecule has 1 aliphatic rings. The van der Waals surface area contributed by atoms with Gasteiger partial charge in [-0.3, -0.25) is 4.90 Å². The average molecular weight is 257 g/mol. The molecule has 0 bridgehead atoms. The van der Waals surface area contributed by atoms with Gasteiger partial charge < -0.3 is 15.0 Å². The first-order chi connectivity index (χ1) is 8.69. The molecule has 0 aromatic rings. The van der Waals surface area contributed by atoms with Crippen molar-refractivity contribution in [3.8, 4) is 0 Å². The molecule has 1 N–H and O–H groups in total. The number of rotatable bonds is 8. The SMILES string of the molecule is CCN1CCC(N(C)C(C)CNCCOC)CC1. The van der Waals surface area contributed by atoms with Crippen molar-refractivity contribution in [2.24, 2.45) is 0 Å². The van der Waals surface area contributed by atoms with E-state index in [4.69, 9.17) is 4.74 Å². The van der Waals surface area contributed by atoms with E-state index in [-0.39, 0.29) is 0 Å². The van der Waals surface area contributed by atoms with Crippen LogP contribution in [-0.4, -0.2) is 75.4 Å². The highest BCUT2D eigenvalue weighted by Crippen LogP contribution is 2.16. The number of hydrogen-bond acceptors (Lipinski definition) is 4. The van der Waals surface area contributed by atoms with Gasteiger partial charge in [0.25, 0.3) is 0 Å². The fourth-order valence-corrected chi connectivity index (χ4v) is 2.63. The lowest BCUT2D eigenvalue weighted by atomic mass is 10.0. The minimum Gasteiger partial charge on any atom is -0.383 e. The lowest BCUT2D eigenvalue weighted by Gasteiger charge is -2.39. The third kappa shape index (κ3) is 5.22. The van der Waals surface area contributed by atoms with Gasteiger partial charge in [-0.1, -0.05) is 6.92 Å². The van der Waals surface area contributed by atoms with Crippen molar-refractivity contribution in [1.82, 2.24) is 15.1 Å². The van der Waals surface area contributed by atoms with Crippen molar-refractivity contribution in [2.45, 2.75) is 38.8 Å². The Labute approximate surface area is 113 Å². The number of piperidine rings is 1. The number of nitrogens with one attached hydrogen (secondary N) is 1. The van der Waals surface area contributed by atoms with Gasteiger partial charge in [0.2, 0.25) is 0 Å². The average Bonchev–Trinajstić information content (AvgIpc) is 2.42. The quantitative estimate of drug-likeness (QED) is 0.657. The van der Waals surface area contributed by atoms with Gasteiger partial charge in [0.1, 0.15) is 0 Å². The molecule has 108 valence electrons. The fourth-order valence-electron chi connectivity index (χ4n) is 2.63. The molecule has 4 nitrogen and oxygen atoms in total. The summed E-state index contributed by atoms with van der Waals surface area (Å²) < 4.78 is 5.04. The minimum absolute atomic E-state index is 0.597. The smallest absolute Gasteiger partial charge is 0.0587 e. The number of ether oxygens (including phenoxy) is 1. The van der Waals surface area contributed by atoms with Crippen LogP contribution >= 0.6 is 0 Å². The fraction of sp³-hybridized carbons (Fsp3) is 1.00. The van der Waals surface area contributed by atoms with Crippen LogP contribution in [0.4, 0.5) is 0 Å². The van der Waals surface area contributed by atoms with Gasteiger partial charge in [0, 0.05) is 32.3 Å². The third-order valence-corrected chi connectivity index (χ3v) is 4.20. The van der Waals surface area contributed by atoms with Crippen LogP contribution in [0.15, 0.2) is 0 Å². The van der Waals surface area contributed by atoms with Crippen molar-refractivity contribution in [1.29, 1.82) is 0 Å². The molecule has 18 heavy (non-hydrogen) atoms. The molecule has 1 rings (SSSR count). The largest absolute Gasteiger partial charge is 0.383 e. The molecule has 0 aromatic carbocycles. The van der Waals surface area contributed by atoms with E-state index in [1.54, 1.807) is 7.11 Å². The number of likely N-dealkylation sites (tertiary alicyclic amines) is 1. The molecule has 0 saturated carbocycles. The minimum atomic E-state index is 0.597. The zero-order valence-electron chi connectivity index (χ0n) is 12.6. The summed E-state index contributed by atoms with van der Waals surface area (Å²) in [4.78, 5) is 5.10. The van der Waals surface area contributed by atoms with E-state index in [1.165, 1.54) is 32.5 Å². The standard InChI is InChI=1S/C14H31N3O/c1-5-17-9-6-14(7-10-17)16(3)13(2)12-15-8-11-18-4/h13-15H,5-12H2,1-4H3. The molecule has 1 saturated heterocycles. The zero-order valence-corrected chi connectivity index (χ0v) is 12.6. The van der Waals surface area contributed by atoms with Crippen LogP contribution in [0.3, 0.4) is 0 Å². The van der Waals surface area contributed by atoms with E-state index in [2.05, 4.69) is 36.0 Å². The summed E-state index contributed by atoms with van der Waals surface area (Å²) in [7, 11) is 4.02. The molecule has 1 fully saturated rings. The van der Waals surface area contributed by atoms with Crippen molar-refractivity contribution in [3.63, 3.8) is 0 Å². The Morgan fingerprint density at radius 2 is 2.06 bits per heavy atom. The second-order valence-electron chi connectivity index (χ2n) is 5.38. The van der Waals surface area contributed by atoms with Gasteiger partial charge in [-0.05, 0) is 46.4 Å². The number of nitrogens with zero attached hydrogens (tertiary/aromatic N) is 2. The van der Waals surface area contributed by atoms with E-state index in [1.807, 2.05) is 0 Å². The Balaban J connectivity index is 2.20. The predicted octanol–water partition coefficient (Wildman–Crippen LogP) is 1.03. The highest BCUT2D eigenvalue weighted by Gasteiger charge is 2.24. The maximum Gasteiger partial charge on any atom is 0.0587 e. The Bertz CT molecular complexity index is 205. The Kier molecular flexibility index (Phi) is 7.82. The summed E-state index contributed by atoms with van der Waals surface area (Å²) in [5.41, 5.74) is 0. The van der Waals surface area contributed by atoms with Crippen LogP contribution in [-0.2, 0) is 4.74 Å². The highest BCUT2D eigenvalue weighted by atomic mass is 16.5. The molecule has 0 radical (unpaired) electrons. The molecule has 0 aromatic heterocycles. The second-order valence-corrected chi connectivity index (χ2v) is 5.38. The van der Waals surface area contributed by atoms with Gasteiger partial charge in [-0.2, -0.15) is 0 Å². The maximum absolute atomic E-state index is 5.04. The summed E-state index contributed by atoms with van der Waals surface area (Å²) in [6.07, 6.45) is 2.62. The molecule has 1 unspecified atom stereocenters. The Morgan fingerprint density at radius 3 is 2.61 bits per heavy atom. The van der Waals surface area contributed by atoms with E-state index >= 15 is 0 Å². The van der Waals surface area contributed by atoms with Crippen LogP contribution < -0.4 is 5.32 Å². The highest BCUT2D eigenvalue weighted by molar-refractivity contribution is 4.81. The number of hydrogen-bond donors (Lipinski definition) is 1. The first-order valence-electron chi connectivity index (χ1n) is 7.33. The van der Waals surface area contributed by atoms with Gasteiger partial charge in [-0.15, -0.1) is 0 Å². The van der Waals surface area contributed by atoms with Gasteiger partial charge in [-0.25, -0.2) is 0 Å². The normalized spacial score (nSPS) is 20.5. The number of likely N-dealkylation sites (N-methyl/N-ethyl adjacent to an activating group) is 1. The Morgan fingerprint density at radius 1 is 1.39 bits per heavy atom. The van der Waals surface area contributed by atoms with Crippen molar-refractivity contribution >= 4 is 0 Å². The lowest BCUT2D eigenvalue weighted by molar-refractivity contribution is 0.103. The molecular weight excluding hydrogens is 226 g/mol. The summed E-state index contributed by atoms with van der Waals surface area (Å²) in [6, 6.07) is 1.35. The van der Waals surface area contributed by atoms with Gasteiger partial charge >= 0.3 is 0 Å². The zero-order chi connectivity index (χ0) is 13.4. The van der Waals surface area contributed by atoms with Crippen molar-refractivity contribution in [2.75, 3.05) is 53.5 Å². The number of methoxy groups -OCH3 is 1. The molecule has 1 atom stereocenters. The molecule has 0 spiro atoms.